The molecule has 134 valence electrons. The van der Waals surface area contributed by atoms with Gasteiger partial charge in [0.05, 0.1) is 6.04 Å². The van der Waals surface area contributed by atoms with E-state index >= 15 is 0 Å². The zero-order valence-electron chi connectivity index (χ0n) is 14.6. The highest BCUT2D eigenvalue weighted by molar-refractivity contribution is 5.81. The Morgan fingerprint density at radius 1 is 1.32 bits per heavy atom. The molecule has 0 spiro atoms. The van der Waals surface area contributed by atoms with Crippen molar-refractivity contribution >= 4 is 17.5 Å². The maximum absolute atomic E-state index is 12.3. The number of nitrogens with zero attached hydrogens (tertiary/aromatic N) is 3. The highest BCUT2D eigenvalue weighted by atomic mass is 16.2. The summed E-state index contributed by atoms with van der Waals surface area (Å²) in [5, 5.41) is 14.4. The molecule has 0 aliphatic heterocycles. The summed E-state index contributed by atoms with van der Waals surface area (Å²) in [4.78, 5) is 23.8. The minimum atomic E-state index is -0.157. The van der Waals surface area contributed by atoms with Gasteiger partial charge in [-0.1, -0.05) is 19.4 Å². The number of carbonyl (C=O) groups is 2. The summed E-state index contributed by atoms with van der Waals surface area (Å²) < 4.78 is 1.91. The summed E-state index contributed by atoms with van der Waals surface area (Å²) in [5.41, 5.74) is 0.774. The molecule has 1 aliphatic rings. The molecule has 1 saturated carbocycles. The standard InChI is InChI=1S/C18H25N5O2/c1-2-6-14(17-22-21-15-7-3-4-12-23(15)17)20-16(24)8-5-11-19-18(25)13-9-10-13/h3-4,7,12-14H,2,5-6,8-11H2,1H3,(H,19,25)(H,20,24). The van der Waals surface area contributed by atoms with Gasteiger partial charge >= 0.3 is 0 Å². The number of rotatable bonds is 9. The maximum atomic E-state index is 12.3. The second-order valence-corrected chi connectivity index (χ2v) is 6.56. The van der Waals surface area contributed by atoms with Gasteiger partial charge in [-0.15, -0.1) is 10.2 Å². The van der Waals surface area contributed by atoms with E-state index in [0.717, 1.165) is 37.2 Å². The molecule has 25 heavy (non-hydrogen) atoms. The number of hydrogen-bond donors (Lipinski definition) is 2. The van der Waals surface area contributed by atoms with Crippen LogP contribution in [0.4, 0.5) is 0 Å². The Kier molecular flexibility index (Phi) is 5.63. The molecule has 0 bridgehead atoms. The molecule has 1 fully saturated rings. The summed E-state index contributed by atoms with van der Waals surface area (Å²) >= 11 is 0. The van der Waals surface area contributed by atoms with Crippen LogP contribution in [0.3, 0.4) is 0 Å². The van der Waals surface area contributed by atoms with Crippen LogP contribution in [-0.4, -0.2) is 33.0 Å². The molecular formula is C18H25N5O2. The van der Waals surface area contributed by atoms with Crippen LogP contribution in [0, 0.1) is 5.92 Å². The van der Waals surface area contributed by atoms with Gasteiger partial charge < -0.3 is 10.6 Å². The zero-order valence-corrected chi connectivity index (χ0v) is 14.6. The molecule has 2 aromatic rings. The fraction of sp³-hybridized carbons (Fsp3) is 0.556. The van der Waals surface area contributed by atoms with Crippen LogP contribution >= 0.6 is 0 Å². The van der Waals surface area contributed by atoms with E-state index in [-0.39, 0.29) is 23.8 Å². The van der Waals surface area contributed by atoms with Crippen molar-refractivity contribution in [3.05, 3.63) is 30.2 Å². The maximum Gasteiger partial charge on any atom is 0.223 e. The summed E-state index contributed by atoms with van der Waals surface area (Å²) in [6.07, 6.45) is 6.68. The number of pyridine rings is 1. The first-order valence-corrected chi connectivity index (χ1v) is 9.05. The van der Waals surface area contributed by atoms with Gasteiger partial charge in [-0.05, 0) is 37.8 Å². The Bertz CT molecular complexity index is 738. The van der Waals surface area contributed by atoms with Crippen LogP contribution in [0.5, 0.6) is 0 Å². The van der Waals surface area contributed by atoms with E-state index in [1.807, 2.05) is 28.8 Å². The first-order chi connectivity index (χ1) is 12.2. The third-order valence-corrected chi connectivity index (χ3v) is 4.39. The fourth-order valence-corrected chi connectivity index (χ4v) is 2.87. The summed E-state index contributed by atoms with van der Waals surface area (Å²) in [5.74, 6) is 1.07. The third-order valence-electron chi connectivity index (χ3n) is 4.39. The number of amides is 2. The minimum Gasteiger partial charge on any atom is -0.356 e. The van der Waals surface area contributed by atoms with Crippen molar-refractivity contribution in [3.63, 3.8) is 0 Å². The largest absolute Gasteiger partial charge is 0.356 e. The smallest absolute Gasteiger partial charge is 0.223 e. The van der Waals surface area contributed by atoms with Gasteiger partial charge in [0, 0.05) is 25.1 Å². The number of hydrogen-bond acceptors (Lipinski definition) is 4. The molecule has 7 nitrogen and oxygen atoms in total. The van der Waals surface area contributed by atoms with Crippen LogP contribution in [0.2, 0.25) is 0 Å². The molecular weight excluding hydrogens is 318 g/mol. The average Bonchev–Trinajstić information content (AvgIpc) is 3.38. The lowest BCUT2D eigenvalue weighted by Gasteiger charge is -2.16. The first kappa shape index (κ1) is 17.4. The number of fused-ring (bicyclic) bond motifs is 1. The Morgan fingerprint density at radius 2 is 2.16 bits per heavy atom. The highest BCUT2D eigenvalue weighted by Gasteiger charge is 2.29. The second kappa shape index (κ2) is 8.09. The monoisotopic (exact) mass is 343 g/mol. The van der Waals surface area contributed by atoms with E-state index < -0.39 is 0 Å². The molecule has 0 saturated heterocycles. The van der Waals surface area contributed by atoms with Crippen LogP contribution < -0.4 is 10.6 Å². The topological polar surface area (TPSA) is 88.4 Å². The summed E-state index contributed by atoms with van der Waals surface area (Å²) in [7, 11) is 0. The molecule has 2 heterocycles. The van der Waals surface area contributed by atoms with Crippen molar-refractivity contribution in [2.24, 2.45) is 5.92 Å². The van der Waals surface area contributed by atoms with Crippen LogP contribution in [0.1, 0.15) is 57.3 Å². The van der Waals surface area contributed by atoms with Gasteiger partial charge in [-0.2, -0.15) is 0 Å². The molecule has 2 N–H and O–H groups in total. The normalized spacial score (nSPS) is 15.1. The van der Waals surface area contributed by atoms with Crippen molar-refractivity contribution in [2.75, 3.05) is 6.54 Å². The predicted octanol–water partition coefficient (Wildman–Crippen LogP) is 1.99. The molecule has 2 aromatic heterocycles. The number of nitrogens with one attached hydrogen (secondary N) is 2. The van der Waals surface area contributed by atoms with E-state index in [0.29, 0.717) is 19.4 Å². The molecule has 1 aliphatic carbocycles. The first-order valence-electron chi connectivity index (χ1n) is 9.05. The van der Waals surface area contributed by atoms with Crippen molar-refractivity contribution in [3.8, 4) is 0 Å². The van der Waals surface area contributed by atoms with Crippen LogP contribution in [-0.2, 0) is 9.59 Å². The molecule has 0 radical (unpaired) electrons. The van der Waals surface area contributed by atoms with Crippen molar-refractivity contribution in [1.82, 2.24) is 25.2 Å². The summed E-state index contributed by atoms with van der Waals surface area (Å²) in [6.45, 7) is 2.63. The molecule has 2 amide bonds. The minimum absolute atomic E-state index is 0.0215. The fourth-order valence-electron chi connectivity index (χ4n) is 2.87. The average molecular weight is 343 g/mol. The van der Waals surface area contributed by atoms with Gasteiger partial charge in [0.2, 0.25) is 11.8 Å². The lowest BCUT2D eigenvalue weighted by atomic mass is 10.1. The summed E-state index contributed by atoms with van der Waals surface area (Å²) in [6, 6.07) is 5.57. The Hall–Kier alpha value is -2.44. The third kappa shape index (κ3) is 4.55. The van der Waals surface area contributed by atoms with Crippen molar-refractivity contribution in [2.45, 2.75) is 51.5 Å². The molecule has 3 rings (SSSR count). The van der Waals surface area contributed by atoms with Gasteiger partial charge in [0.15, 0.2) is 11.5 Å². The van der Waals surface area contributed by atoms with Crippen molar-refractivity contribution in [1.29, 1.82) is 0 Å². The molecule has 1 unspecified atom stereocenters. The Morgan fingerprint density at radius 3 is 2.92 bits per heavy atom. The van der Waals surface area contributed by atoms with E-state index in [9.17, 15) is 9.59 Å². The molecule has 7 heteroatoms. The molecule has 0 aromatic carbocycles. The van der Waals surface area contributed by atoms with E-state index in [2.05, 4.69) is 27.8 Å². The van der Waals surface area contributed by atoms with Crippen molar-refractivity contribution < 1.29 is 9.59 Å². The van der Waals surface area contributed by atoms with Crippen LogP contribution in [0.15, 0.2) is 24.4 Å². The SMILES string of the molecule is CCCC(NC(=O)CCCNC(=O)C1CC1)c1nnc2ccccn12. The molecule has 1 atom stereocenters. The number of carbonyl (C=O) groups excluding carboxylic acids is 2. The Balaban J connectivity index is 1.52. The quantitative estimate of drug-likeness (QED) is 0.682. The number of aromatic nitrogens is 3. The van der Waals surface area contributed by atoms with E-state index in [4.69, 9.17) is 0 Å². The highest BCUT2D eigenvalue weighted by Crippen LogP contribution is 2.28. The van der Waals surface area contributed by atoms with E-state index in [1.54, 1.807) is 0 Å². The lowest BCUT2D eigenvalue weighted by molar-refractivity contribution is -0.124. The lowest BCUT2D eigenvalue weighted by Crippen LogP contribution is -2.31. The Labute approximate surface area is 147 Å². The van der Waals surface area contributed by atoms with Gasteiger partial charge in [-0.3, -0.25) is 14.0 Å². The van der Waals surface area contributed by atoms with Crippen LogP contribution in [0.25, 0.3) is 5.65 Å². The predicted molar refractivity (Wildman–Crippen MR) is 93.7 cm³/mol. The van der Waals surface area contributed by atoms with E-state index in [1.165, 1.54) is 0 Å². The van der Waals surface area contributed by atoms with Gasteiger partial charge in [0.25, 0.3) is 0 Å². The second-order valence-electron chi connectivity index (χ2n) is 6.56. The van der Waals surface area contributed by atoms with Gasteiger partial charge in [-0.25, -0.2) is 0 Å². The van der Waals surface area contributed by atoms with Gasteiger partial charge in [0.1, 0.15) is 0 Å². The zero-order chi connectivity index (χ0) is 17.6.